The molecule has 1 saturated heterocycles. The Balaban J connectivity index is 1.70. The fraction of sp³-hybridized carbons (Fsp3) is 0.545. The van der Waals surface area contributed by atoms with Crippen LogP contribution in [-0.4, -0.2) is 70.7 Å². The number of hydrogen-bond donors (Lipinski definition) is 5. The van der Waals surface area contributed by atoms with Crippen molar-refractivity contribution in [2.75, 3.05) is 18.6 Å². The smallest absolute Gasteiger partial charge is 0.387 e. The Bertz CT molecular complexity index is 977. The first-order valence-corrected chi connectivity index (χ1v) is 11.9. The lowest BCUT2D eigenvalue weighted by Gasteiger charge is -2.18. The summed E-state index contributed by atoms with van der Waals surface area (Å²) < 4.78 is 42.9. The standard InChI is InChI=1S/C11H17N5O10P2S/c1-29-26-28(21,22)25-27(19,20)23-2-5-7(17)8(18)11(24-5)16-4-15-6-9(12)13-3-14-10(6)16/h3-5,7-8,11,17-18H,2H2,1H3,(H,19,20)(H,21,22)(H2,12,13,14)/t5-,7-,8-,11-/m1/s1. The van der Waals surface area contributed by atoms with Gasteiger partial charge in [-0.3, -0.25) is 9.09 Å². The molecule has 3 rings (SSSR count). The quantitative estimate of drug-likeness (QED) is 0.242. The highest BCUT2D eigenvalue weighted by atomic mass is 32.2. The molecule has 162 valence electrons. The van der Waals surface area contributed by atoms with E-state index in [0.717, 1.165) is 0 Å². The van der Waals surface area contributed by atoms with E-state index in [-0.39, 0.29) is 17.0 Å². The first-order valence-electron chi connectivity index (χ1n) is 7.73. The average Bonchev–Trinajstić information content (AvgIpc) is 3.16. The second kappa shape index (κ2) is 8.53. The number of nitrogens with two attached hydrogens (primary N) is 1. The summed E-state index contributed by atoms with van der Waals surface area (Å²) in [6.07, 6.45) is -1.77. The highest BCUT2D eigenvalue weighted by Gasteiger charge is 2.46. The lowest BCUT2D eigenvalue weighted by Crippen LogP contribution is -2.33. The van der Waals surface area contributed by atoms with E-state index in [2.05, 4.69) is 27.8 Å². The summed E-state index contributed by atoms with van der Waals surface area (Å²) in [6.45, 7) is -0.758. The molecule has 18 heteroatoms. The number of ether oxygens (including phenoxy) is 1. The molecule has 6 atom stereocenters. The van der Waals surface area contributed by atoms with Crippen molar-refractivity contribution in [3.63, 3.8) is 0 Å². The predicted molar refractivity (Wildman–Crippen MR) is 96.9 cm³/mol. The lowest BCUT2D eigenvalue weighted by atomic mass is 10.1. The van der Waals surface area contributed by atoms with Gasteiger partial charge in [-0.2, -0.15) is 4.31 Å². The third-order valence-electron chi connectivity index (χ3n) is 3.78. The summed E-state index contributed by atoms with van der Waals surface area (Å²) in [5.74, 6) is 0.0981. The first kappa shape index (κ1) is 22.5. The van der Waals surface area contributed by atoms with Crippen LogP contribution in [0.15, 0.2) is 12.7 Å². The Kier molecular flexibility index (Phi) is 6.62. The molecule has 0 aliphatic carbocycles. The van der Waals surface area contributed by atoms with Crippen molar-refractivity contribution in [1.29, 1.82) is 0 Å². The number of nitrogen functional groups attached to an aromatic ring is 1. The number of hydrogen-bond acceptors (Lipinski definition) is 13. The van der Waals surface area contributed by atoms with Gasteiger partial charge >= 0.3 is 15.6 Å². The fourth-order valence-corrected chi connectivity index (χ4v) is 5.26. The molecule has 0 amide bonds. The number of aliphatic hydroxyl groups excluding tert-OH is 2. The van der Waals surface area contributed by atoms with Crippen LogP contribution in [0, 0.1) is 0 Å². The molecule has 0 saturated carbocycles. The SMILES string of the molecule is CSOP(=O)(O)OP(=O)(O)OC[C@H]1O[C@@H](n2cnc3c(N)ncnc32)[C@H](O)[C@@H]1O. The topological polar surface area (TPSA) is 222 Å². The van der Waals surface area contributed by atoms with Crippen LogP contribution in [0.1, 0.15) is 6.23 Å². The number of nitrogens with zero attached hydrogens (tertiary/aromatic N) is 4. The molecule has 6 N–H and O–H groups in total. The van der Waals surface area contributed by atoms with Crippen LogP contribution in [0.4, 0.5) is 5.82 Å². The highest BCUT2D eigenvalue weighted by Crippen LogP contribution is 2.61. The number of fused-ring (bicyclic) bond motifs is 1. The number of rotatable bonds is 8. The van der Waals surface area contributed by atoms with E-state index < -0.39 is 46.8 Å². The van der Waals surface area contributed by atoms with Crippen LogP contribution in [0.25, 0.3) is 11.2 Å². The molecule has 3 heterocycles. The average molecular weight is 473 g/mol. The van der Waals surface area contributed by atoms with E-state index in [9.17, 15) is 29.1 Å². The molecule has 2 aromatic heterocycles. The number of aliphatic hydroxyl groups is 2. The molecule has 1 fully saturated rings. The van der Waals surface area contributed by atoms with Gasteiger partial charge in [0.15, 0.2) is 17.7 Å². The van der Waals surface area contributed by atoms with Gasteiger partial charge in [0, 0.05) is 18.3 Å². The number of anilines is 1. The molecular formula is C11H17N5O10P2S. The summed E-state index contributed by atoms with van der Waals surface area (Å²) in [6, 6.07) is 0. The van der Waals surface area contributed by atoms with Crippen LogP contribution >= 0.6 is 27.7 Å². The zero-order valence-electron chi connectivity index (χ0n) is 14.6. The minimum absolute atomic E-state index is 0.0981. The summed E-state index contributed by atoms with van der Waals surface area (Å²) in [5.41, 5.74) is 6.17. The number of phosphoric ester groups is 1. The van der Waals surface area contributed by atoms with Gasteiger partial charge in [-0.25, -0.2) is 28.1 Å². The zero-order chi connectivity index (χ0) is 21.4. The molecule has 1 aliphatic rings. The van der Waals surface area contributed by atoms with E-state index >= 15 is 0 Å². The summed E-state index contributed by atoms with van der Waals surface area (Å²) in [7, 11) is -9.90. The molecule has 0 radical (unpaired) electrons. The molecule has 15 nitrogen and oxygen atoms in total. The van der Waals surface area contributed by atoms with Crippen LogP contribution < -0.4 is 5.73 Å². The van der Waals surface area contributed by atoms with Crippen LogP contribution in [0.2, 0.25) is 0 Å². The third-order valence-corrected chi connectivity index (χ3v) is 7.25. The van der Waals surface area contributed by atoms with Crippen LogP contribution in [0.5, 0.6) is 0 Å². The zero-order valence-corrected chi connectivity index (χ0v) is 17.2. The second-order valence-corrected chi connectivity index (χ2v) is 9.40. The van der Waals surface area contributed by atoms with Crippen molar-refractivity contribution in [2.45, 2.75) is 24.5 Å². The minimum Gasteiger partial charge on any atom is -0.387 e. The normalized spacial score (nSPS) is 29.0. The van der Waals surface area contributed by atoms with E-state index in [1.807, 2.05) is 0 Å². The van der Waals surface area contributed by atoms with Gasteiger partial charge in [0.25, 0.3) is 0 Å². The monoisotopic (exact) mass is 473 g/mol. The van der Waals surface area contributed by atoms with Crippen molar-refractivity contribution in [3.8, 4) is 0 Å². The van der Waals surface area contributed by atoms with E-state index in [1.165, 1.54) is 23.5 Å². The molecule has 2 unspecified atom stereocenters. The fourth-order valence-electron chi connectivity index (χ4n) is 2.58. The second-order valence-electron chi connectivity index (χ2n) is 5.68. The molecule has 2 aromatic rings. The number of phosphoric acid groups is 2. The molecule has 1 aliphatic heterocycles. The first-order chi connectivity index (χ1) is 13.5. The highest BCUT2D eigenvalue weighted by molar-refractivity contribution is 7.97. The third kappa shape index (κ3) is 4.95. The summed E-state index contributed by atoms with van der Waals surface area (Å²) in [5, 5.41) is 20.5. The molecule has 29 heavy (non-hydrogen) atoms. The lowest BCUT2D eigenvalue weighted by molar-refractivity contribution is -0.0503. The largest absolute Gasteiger partial charge is 0.492 e. The van der Waals surface area contributed by atoms with Gasteiger partial charge in [-0.05, 0) is 0 Å². The Labute approximate surface area is 167 Å². The van der Waals surface area contributed by atoms with E-state index in [0.29, 0.717) is 12.0 Å². The van der Waals surface area contributed by atoms with Crippen molar-refractivity contribution >= 4 is 44.7 Å². The van der Waals surface area contributed by atoms with Gasteiger partial charge in [0.05, 0.1) is 12.9 Å². The number of imidazole rings is 1. The van der Waals surface area contributed by atoms with Gasteiger partial charge in [0.1, 0.15) is 30.2 Å². The Morgan fingerprint density at radius 3 is 2.66 bits per heavy atom. The Morgan fingerprint density at radius 2 is 1.97 bits per heavy atom. The van der Waals surface area contributed by atoms with E-state index in [4.69, 9.17) is 10.5 Å². The van der Waals surface area contributed by atoms with Gasteiger partial charge < -0.3 is 30.5 Å². The molecule has 0 spiro atoms. The van der Waals surface area contributed by atoms with Gasteiger partial charge in [-0.1, -0.05) is 0 Å². The molecule has 0 bridgehead atoms. The van der Waals surface area contributed by atoms with Crippen LogP contribution in [0.3, 0.4) is 0 Å². The summed E-state index contributed by atoms with van der Waals surface area (Å²) >= 11 is 0.442. The Hall–Kier alpha value is -1.16. The van der Waals surface area contributed by atoms with Gasteiger partial charge in [-0.15, -0.1) is 0 Å². The summed E-state index contributed by atoms with van der Waals surface area (Å²) in [4.78, 5) is 30.6. The maximum atomic E-state index is 11.8. The molecular weight excluding hydrogens is 456 g/mol. The van der Waals surface area contributed by atoms with Crippen molar-refractivity contribution in [2.24, 2.45) is 0 Å². The van der Waals surface area contributed by atoms with Crippen molar-refractivity contribution in [3.05, 3.63) is 12.7 Å². The van der Waals surface area contributed by atoms with Crippen molar-refractivity contribution in [1.82, 2.24) is 19.5 Å². The van der Waals surface area contributed by atoms with E-state index in [1.54, 1.807) is 0 Å². The molecule has 0 aromatic carbocycles. The maximum absolute atomic E-state index is 11.8. The van der Waals surface area contributed by atoms with Crippen LogP contribution in [-0.2, 0) is 26.7 Å². The van der Waals surface area contributed by atoms with Crippen molar-refractivity contribution < 1.29 is 46.7 Å². The van der Waals surface area contributed by atoms with Gasteiger partial charge in [0.2, 0.25) is 0 Å². The predicted octanol–water partition coefficient (Wildman–Crippen LogP) is -0.444. The number of aromatic nitrogens is 4. The Morgan fingerprint density at radius 1 is 1.24 bits per heavy atom. The minimum atomic E-state index is -5.05. The maximum Gasteiger partial charge on any atom is 0.492 e.